The molecule has 0 saturated heterocycles. The molecule has 1 aromatic carbocycles. The molecule has 0 aliphatic carbocycles. The van der Waals surface area contributed by atoms with E-state index in [1.807, 2.05) is 13.8 Å². The number of para-hydroxylation sites is 1. The van der Waals surface area contributed by atoms with Crippen molar-refractivity contribution in [2.45, 2.75) is 32.5 Å². The maximum atomic E-state index is 13.0. The molecule has 1 atom stereocenters. The molecular formula is C19H19F3N4O2. The molecule has 0 fully saturated rings. The van der Waals surface area contributed by atoms with Gasteiger partial charge in [-0.1, -0.05) is 31.1 Å². The van der Waals surface area contributed by atoms with Gasteiger partial charge < -0.3 is 15.0 Å². The van der Waals surface area contributed by atoms with Crippen LogP contribution in [-0.2, 0) is 6.18 Å². The number of aromatic nitrogens is 3. The van der Waals surface area contributed by atoms with Crippen molar-refractivity contribution in [3.63, 3.8) is 0 Å². The molecule has 3 aromatic rings. The van der Waals surface area contributed by atoms with Crippen molar-refractivity contribution < 1.29 is 22.4 Å². The van der Waals surface area contributed by atoms with E-state index in [4.69, 9.17) is 15.0 Å². The molecule has 6 nitrogen and oxygen atoms in total. The molecule has 2 heterocycles. The number of hydrogen-bond acceptors (Lipinski definition) is 6. The number of alkyl halides is 3. The molecule has 2 N–H and O–H groups in total. The molecule has 0 amide bonds. The summed E-state index contributed by atoms with van der Waals surface area (Å²) in [6.45, 7) is 4.08. The molecule has 2 aromatic heterocycles. The summed E-state index contributed by atoms with van der Waals surface area (Å²) in [7, 11) is 0. The highest BCUT2D eigenvalue weighted by molar-refractivity contribution is 5.53. The van der Waals surface area contributed by atoms with Crippen LogP contribution in [0, 0.1) is 5.92 Å². The lowest BCUT2D eigenvalue weighted by molar-refractivity contribution is -0.138. The van der Waals surface area contributed by atoms with Gasteiger partial charge in [0.05, 0.1) is 11.6 Å². The van der Waals surface area contributed by atoms with Crippen LogP contribution in [-0.4, -0.2) is 15.1 Å². The van der Waals surface area contributed by atoms with Gasteiger partial charge in [0.2, 0.25) is 17.6 Å². The molecule has 0 saturated carbocycles. The first-order valence-electron chi connectivity index (χ1n) is 8.63. The number of nitrogens with zero attached hydrogens (tertiary/aromatic N) is 3. The van der Waals surface area contributed by atoms with Crippen molar-refractivity contribution in [3.05, 3.63) is 54.0 Å². The second-order valence-electron chi connectivity index (χ2n) is 6.67. The number of benzene rings is 1. The molecular weight excluding hydrogens is 373 g/mol. The molecule has 0 spiro atoms. The molecule has 9 heteroatoms. The lowest BCUT2D eigenvalue weighted by atomic mass is 10.0. The minimum absolute atomic E-state index is 0.0145. The Morgan fingerprint density at radius 1 is 1.14 bits per heavy atom. The normalized spacial score (nSPS) is 13.0. The average Bonchev–Trinajstić information content (AvgIpc) is 3.12. The smallest absolute Gasteiger partial charge is 0.419 e. The van der Waals surface area contributed by atoms with Gasteiger partial charge in [-0.2, -0.15) is 18.2 Å². The van der Waals surface area contributed by atoms with Crippen molar-refractivity contribution >= 4 is 0 Å². The highest BCUT2D eigenvalue weighted by atomic mass is 19.4. The Labute approximate surface area is 159 Å². The first-order chi connectivity index (χ1) is 13.2. The number of hydrogen-bond donors (Lipinski definition) is 1. The summed E-state index contributed by atoms with van der Waals surface area (Å²) in [5.41, 5.74) is 5.68. The second-order valence-corrected chi connectivity index (χ2v) is 6.67. The van der Waals surface area contributed by atoms with Gasteiger partial charge in [-0.05, 0) is 30.5 Å². The van der Waals surface area contributed by atoms with E-state index in [2.05, 4.69) is 15.1 Å². The van der Waals surface area contributed by atoms with Crippen molar-refractivity contribution in [1.29, 1.82) is 0 Å². The summed E-state index contributed by atoms with van der Waals surface area (Å²) in [5.74, 6) is 0.688. The Morgan fingerprint density at radius 3 is 2.54 bits per heavy atom. The van der Waals surface area contributed by atoms with Gasteiger partial charge >= 0.3 is 6.18 Å². The van der Waals surface area contributed by atoms with Crippen LogP contribution < -0.4 is 10.5 Å². The van der Waals surface area contributed by atoms with Crippen LogP contribution in [0.5, 0.6) is 11.6 Å². The van der Waals surface area contributed by atoms with Gasteiger partial charge in [0.15, 0.2) is 0 Å². The third kappa shape index (κ3) is 4.66. The Balaban J connectivity index is 1.76. The van der Waals surface area contributed by atoms with Gasteiger partial charge in [-0.15, -0.1) is 0 Å². The Bertz CT molecular complexity index is 923. The van der Waals surface area contributed by atoms with Crippen LogP contribution in [0.1, 0.15) is 37.8 Å². The molecule has 1 unspecified atom stereocenters. The van der Waals surface area contributed by atoms with E-state index < -0.39 is 11.7 Å². The maximum absolute atomic E-state index is 13.0. The van der Waals surface area contributed by atoms with Gasteiger partial charge in [-0.25, -0.2) is 4.98 Å². The highest BCUT2D eigenvalue weighted by Crippen LogP contribution is 2.37. The van der Waals surface area contributed by atoms with E-state index in [1.54, 1.807) is 6.07 Å². The zero-order chi connectivity index (χ0) is 20.3. The van der Waals surface area contributed by atoms with Crippen molar-refractivity contribution in [1.82, 2.24) is 15.1 Å². The zero-order valence-electron chi connectivity index (χ0n) is 15.3. The van der Waals surface area contributed by atoms with Crippen LogP contribution in [0.4, 0.5) is 13.2 Å². The number of rotatable bonds is 6. The number of halogens is 3. The van der Waals surface area contributed by atoms with Crippen molar-refractivity contribution in [2.75, 3.05) is 0 Å². The minimum atomic E-state index is -4.52. The van der Waals surface area contributed by atoms with Gasteiger partial charge in [0.1, 0.15) is 5.75 Å². The van der Waals surface area contributed by atoms with E-state index in [9.17, 15) is 13.2 Å². The molecule has 3 rings (SSSR count). The van der Waals surface area contributed by atoms with E-state index in [-0.39, 0.29) is 17.7 Å². The summed E-state index contributed by atoms with van der Waals surface area (Å²) < 4.78 is 49.6. The number of ether oxygens (including phenoxy) is 1. The molecule has 148 valence electrons. The van der Waals surface area contributed by atoms with Gasteiger partial charge in [-0.3, -0.25) is 0 Å². The van der Waals surface area contributed by atoms with Crippen LogP contribution in [0.2, 0.25) is 0 Å². The Morgan fingerprint density at radius 2 is 1.89 bits per heavy atom. The largest absolute Gasteiger partial charge is 0.438 e. The Hall–Kier alpha value is -2.94. The lowest BCUT2D eigenvalue weighted by Gasteiger charge is -2.12. The number of pyridine rings is 1. The first kappa shape index (κ1) is 19.8. The van der Waals surface area contributed by atoms with Crippen molar-refractivity contribution in [2.24, 2.45) is 11.7 Å². The van der Waals surface area contributed by atoms with E-state index in [0.29, 0.717) is 29.6 Å². The zero-order valence-corrected chi connectivity index (χ0v) is 15.3. The lowest BCUT2D eigenvalue weighted by Crippen LogP contribution is -2.13. The topological polar surface area (TPSA) is 87.1 Å². The fraction of sp³-hybridized carbons (Fsp3) is 0.316. The van der Waals surface area contributed by atoms with Crippen molar-refractivity contribution in [3.8, 4) is 23.0 Å². The van der Waals surface area contributed by atoms with Crippen LogP contribution in [0.15, 0.2) is 47.1 Å². The summed E-state index contributed by atoms with van der Waals surface area (Å²) in [6, 6.07) is 7.60. The van der Waals surface area contributed by atoms with Gasteiger partial charge in [0.25, 0.3) is 0 Å². The Kier molecular flexibility index (Phi) is 5.64. The highest BCUT2D eigenvalue weighted by Gasteiger charge is 2.34. The van der Waals surface area contributed by atoms with Crippen LogP contribution >= 0.6 is 0 Å². The second kappa shape index (κ2) is 7.97. The number of nitrogens with two attached hydrogens (primary N) is 1. The molecule has 0 bridgehead atoms. The fourth-order valence-electron chi connectivity index (χ4n) is 2.59. The summed E-state index contributed by atoms with van der Waals surface area (Å²) in [4.78, 5) is 8.29. The first-order valence-corrected chi connectivity index (χ1v) is 8.63. The van der Waals surface area contributed by atoms with Crippen LogP contribution in [0.3, 0.4) is 0 Å². The molecule has 0 aliphatic heterocycles. The van der Waals surface area contributed by atoms with Gasteiger partial charge in [0, 0.05) is 17.8 Å². The van der Waals surface area contributed by atoms with E-state index in [0.717, 1.165) is 6.07 Å². The fourth-order valence-corrected chi connectivity index (χ4v) is 2.59. The van der Waals surface area contributed by atoms with E-state index >= 15 is 0 Å². The maximum Gasteiger partial charge on any atom is 0.419 e. The molecule has 0 aliphatic rings. The third-order valence-electron chi connectivity index (χ3n) is 3.89. The summed E-state index contributed by atoms with van der Waals surface area (Å²) >= 11 is 0. The average molecular weight is 392 g/mol. The third-order valence-corrected chi connectivity index (χ3v) is 3.89. The minimum Gasteiger partial charge on any atom is -0.438 e. The summed E-state index contributed by atoms with van der Waals surface area (Å²) in [5, 5.41) is 3.88. The van der Waals surface area contributed by atoms with E-state index in [1.165, 1.54) is 30.5 Å². The molecule has 28 heavy (non-hydrogen) atoms. The predicted octanol–water partition coefficient (Wildman–Crippen LogP) is 4.99. The van der Waals surface area contributed by atoms with Crippen LogP contribution in [0.25, 0.3) is 11.4 Å². The predicted molar refractivity (Wildman–Crippen MR) is 95.4 cm³/mol. The summed E-state index contributed by atoms with van der Waals surface area (Å²) in [6.07, 6.45) is -2.42. The molecule has 0 radical (unpaired) electrons. The SMILES string of the molecule is CC(C)CC(N)c1nc(-c2ccc(Oc3ccccc3C(F)(F)F)nc2)no1. The standard InChI is InChI=1S/C19H19F3N4O2/c1-11(2)9-14(23)18-25-17(26-28-18)12-7-8-16(24-10-12)27-15-6-4-3-5-13(15)19(20,21)22/h3-8,10-11,14H,9,23H2,1-2H3. The monoisotopic (exact) mass is 392 g/mol. The quantitative estimate of drug-likeness (QED) is 0.636.